The number of carbonyl (C=O) groups excluding carboxylic acids is 2. The van der Waals surface area contributed by atoms with Gasteiger partial charge in [-0.2, -0.15) is 0 Å². The number of nitrogens with zero attached hydrogens (tertiary/aromatic N) is 2. The normalized spacial score (nSPS) is 17.5. The van der Waals surface area contributed by atoms with Crippen LogP contribution in [0.3, 0.4) is 0 Å². The number of Topliss-reactive ketones (excluding diaryl/α,β-unsaturated/α-hetero) is 1. The van der Waals surface area contributed by atoms with Gasteiger partial charge in [-0.1, -0.05) is 39.4 Å². The fraction of sp³-hybridized carbons (Fsp3) is 0.0800. The number of rotatable bonds is 4. The molecule has 9 heteroatoms. The molecule has 1 unspecified atom stereocenters. The molecule has 6 nitrogen and oxygen atoms in total. The molecule has 0 radical (unpaired) electrons. The van der Waals surface area contributed by atoms with Crippen LogP contribution in [0.1, 0.15) is 17.2 Å². The number of ether oxygens (including phenoxy) is 1. The Kier molecular flexibility index (Phi) is 5.66. The molecule has 1 aliphatic rings. The molecule has 5 rings (SSSR count). The van der Waals surface area contributed by atoms with E-state index in [2.05, 4.69) is 20.9 Å². The summed E-state index contributed by atoms with van der Waals surface area (Å²) < 4.78 is 20.3. The zero-order valence-electron chi connectivity index (χ0n) is 17.7. The maximum absolute atomic E-state index is 13.7. The number of methoxy groups -OCH3 is 1. The van der Waals surface area contributed by atoms with Gasteiger partial charge in [0.25, 0.3) is 5.78 Å². The molecule has 1 N–H and O–H groups in total. The average molecular weight is 539 g/mol. The van der Waals surface area contributed by atoms with Crippen molar-refractivity contribution in [3.8, 4) is 5.75 Å². The second kappa shape index (κ2) is 8.66. The summed E-state index contributed by atoms with van der Waals surface area (Å²) in [5, 5.41) is 11.4. The van der Waals surface area contributed by atoms with Gasteiger partial charge >= 0.3 is 5.91 Å². The first-order chi connectivity index (χ1) is 16.4. The van der Waals surface area contributed by atoms with Crippen molar-refractivity contribution in [2.75, 3.05) is 12.0 Å². The number of aromatic nitrogens is 1. The summed E-state index contributed by atoms with van der Waals surface area (Å²) in [6.07, 6.45) is 0. The van der Waals surface area contributed by atoms with Crippen LogP contribution in [-0.2, 0) is 9.59 Å². The monoisotopic (exact) mass is 538 g/mol. The van der Waals surface area contributed by atoms with Crippen molar-refractivity contribution in [1.82, 2.24) is 4.98 Å². The van der Waals surface area contributed by atoms with Crippen molar-refractivity contribution < 1.29 is 23.8 Å². The predicted molar refractivity (Wildman–Crippen MR) is 131 cm³/mol. The Labute approximate surface area is 206 Å². The van der Waals surface area contributed by atoms with E-state index in [9.17, 15) is 19.1 Å². The lowest BCUT2D eigenvalue weighted by Gasteiger charge is -2.23. The highest BCUT2D eigenvalue weighted by Gasteiger charge is 2.48. The minimum Gasteiger partial charge on any atom is -0.507 e. The third-order valence-corrected chi connectivity index (χ3v) is 7.09. The zero-order valence-corrected chi connectivity index (χ0v) is 20.1. The van der Waals surface area contributed by atoms with Crippen LogP contribution < -0.4 is 9.64 Å². The van der Waals surface area contributed by atoms with E-state index in [-0.39, 0.29) is 16.5 Å². The van der Waals surface area contributed by atoms with Crippen molar-refractivity contribution in [3.63, 3.8) is 0 Å². The highest BCUT2D eigenvalue weighted by Crippen LogP contribution is 2.44. The van der Waals surface area contributed by atoms with Gasteiger partial charge in [0.1, 0.15) is 17.3 Å². The van der Waals surface area contributed by atoms with E-state index in [0.29, 0.717) is 27.1 Å². The molecule has 3 aromatic carbocycles. The van der Waals surface area contributed by atoms with Crippen molar-refractivity contribution in [1.29, 1.82) is 0 Å². The Bertz CT molecular complexity index is 1460. The highest BCUT2D eigenvalue weighted by atomic mass is 79.9. The summed E-state index contributed by atoms with van der Waals surface area (Å²) in [7, 11) is 1.53. The van der Waals surface area contributed by atoms with E-state index in [4.69, 9.17) is 4.74 Å². The molecule has 0 bridgehead atoms. The molecule has 1 atom stereocenters. The summed E-state index contributed by atoms with van der Waals surface area (Å²) in [5.41, 5.74) is 1.44. The smallest absolute Gasteiger partial charge is 0.301 e. The van der Waals surface area contributed by atoms with E-state index in [1.807, 2.05) is 0 Å². The molecule has 1 aliphatic heterocycles. The molecule has 1 amide bonds. The molecule has 2 heterocycles. The van der Waals surface area contributed by atoms with Crippen LogP contribution in [0.25, 0.3) is 16.0 Å². The van der Waals surface area contributed by atoms with Crippen LogP contribution >= 0.6 is 27.3 Å². The fourth-order valence-electron chi connectivity index (χ4n) is 3.88. The zero-order chi connectivity index (χ0) is 24.0. The van der Waals surface area contributed by atoms with E-state index in [1.165, 1.54) is 30.2 Å². The lowest BCUT2D eigenvalue weighted by Crippen LogP contribution is -2.29. The lowest BCUT2D eigenvalue weighted by atomic mass is 9.95. The molecule has 1 fully saturated rings. The number of anilines is 1. The van der Waals surface area contributed by atoms with Crippen molar-refractivity contribution in [2.45, 2.75) is 6.04 Å². The van der Waals surface area contributed by atoms with Gasteiger partial charge in [0.2, 0.25) is 0 Å². The largest absolute Gasteiger partial charge is 0.507 e. The molecule has 4 aromatic rings. The first-order valence-electron chi connectivity index (χ1n) is 10.1. The van der Waals surface area contributed by atoms with Gasteiger partial charge in [-0.05, 0) is 60.2 Å². The van der Waals surface area contributed by atoms with Crippen LogP contribution in [-0.4, -0.2) is 28.9 Å². The van der Waals surface area contributed by atoms with Crippen LogP contribution in [0.15, 0.2) is 76.8 Å². The Hall–Kier alpha value is -3.56. The number of ketones is 1. The van der Waals surface area contributed by atoms with Gasteiger partial charge in [0.05, 0.1) is 28.9 Å². The fourth-order valence-corrected chi connectivity index (χ4v) is 5.17. The maximum atomic E-state index is 13.7. The molecule has 0 spiro atoms. The summed E-state index contributed by atoms with van der Waals surface area (Å²) >= 11 is 4.50. The predicted octanol–water partition coefficient (Wildman–Crippen LogP) is 5.83. The van der Waals surface area contributed by atoms with Gasteiger partial charge in [-0.25, -0.2) is 9.37 Å². The summed E-state index contributed by atoms with van der Waals surface area (Å²) in [5.74, 6) is -1.78. The van der Waals surface area contributed by atoms with Crippen molar-refractivity contribution in [2.24, 2.45) is 0 Å². The average Bonchev–Trinajstić information content (AvgIpc) is 3.37. The minimum atomic E-state index is -0.916. The number of aliphatic hydroxyl groups excluding tert-OH is 1. The van der Waals surface area contributed by atoms with Crippen molar-refractivity contribution >= 4 is 60.1 Å². The molecular weight excluding hydrogens is 523 g/mol. The number of fused-ring (bicyclic) bond motifs is 1. The van der Waals surface area contributed by atoms with E-state index in [1.54, 1.807) is 48.5 Å². The van der Waals surface area contributed by atoms with Crippen LogP contribution in [0.5, 0.6) is 5.75 Å². The van der Waals surface area contributed by atoms with E-state index in [0.717, 1.165) is 15.8 Å². The number of hydrogen-bond acceptors (Lipinski definition) is 6. The number of hydrogen-bond donors (Lipinski definition) is 1. The highest BCUT2D eigenvalue weighted by molar-refractivity contribution is 9.10. The third-order valence-electron chi connectivity index (χ3n) is 5.54. The third kappa shape index (κ3) is 3.76. The summed E-state index contributed by atoms with van der Waals surface area (Å²) in [4.78, 5) is 32.2. The Morgan fingerprint density at radius 2 is 1.79 bits per heavy atom. The molecule has 1 saturated heterocycles. The Balaban J connectivity index is 1.71. The van der Waals surface area contributed by atoms with Gasteiger partial charge in [-0.15, -0.1) is 0 Å². The van der Waals surface area contributed by atoms with Crippen molar-refractivity contribution in [3.05, 3.63) is 93.7 Å². The van der Waals surface area contributed by atoms with E-state index < -0.39 is 23.5 Å². The number of halogens is 2. The van der Waals surface area contributed by atoms with E-state index >= 15 is 0 Å². The molecule has 0 saturated carbocycles. The standard InChI is InChI=1S/C25H16BrFN2O4S/c1-33-17-9-4-14(5-10-17)22(30)20-21(13-2-6-15(26)7-3-13)29(24(32)23(20)31)25-28-18-11-8-16(27)12-19(18)34-25/h2-12,21,30H,1H3. The van der Waals surface area contributed by atoms with Gasteiger partial charge in [-0.3, -0.25) is 14.5 Å². The molecule has 170 valence electrons. The minimum absolute atomic E-state index is 0.0528. The quantitative estimate of drug-likeness (QED) is 0.201. The SMILES string of the molecule is COc1ccc(C(O)=C2C(=O)C(=O)N(c3nc4ccc(F)cc4s3)C2c2ccc(Br)cc2)cc1. The summed E-state index contributed by atoms with van der Waals surface area (Å²) in [6.45, 7) is 0. The molecule has 0 aliphatic carbocycles. The molecular formula is C25H16BrFN2O4S. The number of benzene rings is 3. The summed E-state index contributed by atoms with van der Waals surface area (Å²) in [6, 6.07) is 16.9. The number of amides is 1. The van der Waals surface area contributed by atoms with Gasteiger partial charge in [0.15, 0.2) is 5.13 Å². The van der Waals surface area contributed by atoms with Gasteiger partial charge in [0, 0.05) is 10.0 Å². The number of aliphatic hydroxyl groups is 1. The molecule has 1 aromatic heterocycles. The molecule has 34 heavy (non-hydrogen) atoms. The van der Waals surface area contributed by atoms with Crippen LogP contribution in [0.4, 0.5) is 9.52 Å². The first-order valence-corrected chi connectivity index (χ1v) is 11.8. The number of thiazole rings is 1. The second-order valence-corrected chi connectivity index (χ2v) is 9.48. The van der Waals surface area contributed by atoms with Crippen LogP contribution in [0, 0.1) is 5.82 Å². The van der Waals surface area contributed by atoms with Crippen LogP contribution in [0.2, 0.25) is 0 Å². The number of carbonyl (C=O) groups is 2. The van der Waals surface area contributed by atoms with Gasteiger partial charge < -0.3 is 9.84 Å². The topological polar surface area (TPSA) is 79.7 Å². The maximum Gasteiger partial charge on any atom is 0.301 e. The second-order valence-electron chi connectivity index (χ2n) is 7.56. The lowest BCUT2D eigenvalue weighted by molar-refractivity contribution is -0.132. The first kappa shape index (κ1) is 22.2. The Morgan fingerprint density at radius 1 is 1.09 bits per heavy atom. The Morgan fingerprint density at radius 3 is 2.47 bits per heavy atom.